The monoisotopic (exact) mass is 279 g/mol. The maximum absolute atomic E-state index is 11.7. The third-order valence-corrected chi connectivity index (χ3v) is 2.42. The summed E-state index contributed by atoms with van der Waals surface area (Å²) in [7, 11) is 1.57. The summed E-state index contributed by atoms with van der Waals surface area (Å²) in [6, 6.07) is 6.50. The second-order valence-corrected chi connectivity index (χ2v) is 4.58. The predicted octanol–water partition coefficient (Wildman–Crippen LogP) is 1.59. The second kappa shape index (κ2) is 8.16. The molecule has 6 nitrogen and oxygen atoms in total. The molecule has 0 saturated heterocycles. The van der Waals surface area contributed by atoms with Crippen LogP contribution in [0.1, 0.15) is 24.2 Å². The van der Waals surface area contributed by atoms with Crippen molar-refractivity contribution in [2.75, 3.05) is 25.6 Å². The Bertz CT molecular complexity index is 443. The summed E-state index contributed by atoms with van der Waals surface area (Å²) in [5, 5.41) is 8.11. The second-order valence-electron chi connectivity index (χ2n) is 4.58. The van der Waals surface area contributed by atoms with Crippen LogP contribution >= 0.6 is 0 Å². The van der Waals surface area contributed by atoms with Gasteiger partial charge in [-0.3, -0.25) is 4.79 Å². The van der Waals surface area contributed by atoms with Crippen molar-refractivity contribution < 1.29 is 14.3 Å². The van der Waals surface area contributed by atoms with Crippen LogP contribution in [0.5, 0.6) is 0 Å². The minimum absolute atomic E-state index is 0.0897. The quantitative estimate of drug-likeness (QED) is 0.692. The molecule has 1 aromatic rings. The lowest BCUT2D eigenvalue weighted by atomic mass is 10.2. The first-order valence-electron chi connectivity index (χ1n) is 6.47. The number of amides is 3. The van der Waals surface area contributed by atoms with Gasteiger partial charge in [0.25, 0.3) is 5.91 Å². The average Bonchev–Trinajstić information content (AvgIpc) is 2.39. The van der Waals surface area contributed by atoms with Gasteiger partial charge < -0.3 is 20.7 Å². The van der Waals surface area contributed by atoms with E-state index in [0.717, 1.165) is 0 Å². The maximum Gasteiger partial charge on any atom is 0.319 e. The number of hydrogen-bond acceptors (Lipinski definition) is 3. The Kier molecular flexibility index (Phi) is 6.52. The molecule has 0 aromatic heterocycles. The Balaban J connectivity index is 2.50. The van der Waals surface area contributed by atoms with E-state index < -0.39 is 0 Å². The average molecular weight is 279 g/mol. The van der Waals surface area contributed by atoms with Crippen molar-refractivity contribution in [3.05, 3.63) is 29.8 Å². The van der Waals surface area contributed by atoms with Crippen LogP contribution in [0.25, 0.3) is 0 Å². The Morgan fingerprint density at radius 2 is 1.85 bits per heavy atom. The van der Waals surface area contributed by atoms with Gasteiger partial charge in [0.05, 0.1) is 6.61 Å². The van der Waals surface area contributed by atoms with Gasteiger partial charge in [-0.2, -0.15) is 0 Å². The molecule has 0 aliphatic heterocycles. The van der Waals surface area contributed by atoms with Crippen LogP contribution < -0.4 is 16.0 Å². The fourth-order valence-corrected chi connectivity index (χ4v) is 1.49. The number of urea groups is 1. The molecule has 3 N–H and O–H groups in total. The van der Waals surface area contributed by atoms with Crippen molar-refractivity contribution in [2.45, 2.75) is 19.9 Å². The van der Waals surface area contributed by atoms with Crippen LogP contribution in [0.3, 0.4) is 0 Å². The SMILES string of the molecule is COCCNC(=O)Nc1ccc(C(=O)NC(C)C)cc1. The summed E-state index contributed by atoms with van der Waals surface area (Å²) in [5.74, 6) is -0.129. The van der Waals surface area contributed by atoms with E-state index in [1.807, 2.05) is 13.8 Å². The zero-order valence-electron chi connectivity index (χ0n) is 12.0. The molecule has 0 bridgehead atoms. The molecule has 1 rings (SSSR count). The number of benzene rings is 1. The third kappa shape index (κ3) is 5.71. The van der Waals surface area contributed by atoms with Crippen molar-refractivity contribution in [1.82, 2.24) is 10.6 Å². The van der Waals surface area contributed by atoms with E-state index in [4.69, 9.17) is 4.74 Å². The molecular weight excluding hydrogens is 258 g/mol. The van der Waals surface area contributed by atoms with Crippen LogP contribution in [0, 0.1) is 0 Å². The molecule has 110 valence electrons. The molecular formula is C14H21N3O3. The first-order valence-corrected chi connectivity index (χ1v) is 6.47. The van der Waals surface area contributed by atoms with Gasteiger partial charge in [-0.1, -0.05) is 0 Å². The topological polar surface area (TPSA) is 79.5 Å². The molecule has 0 fully saturated rings. The van der Waals surface area contributed by atoms with Gasteiger partial charge in [-0.25, -0.2) is 4.79 Å². The lowest BCUT2D eigenvalue weighted by Crippen LogP contribution is -2.31. The lowest BCUT2D eigenvalue weighted by molar-refractivity contribution is 0.0943. The van der Waals surface area contributed by atoms with Crippen molar-refractivity contribution in [2.24, 2.45) is 0 Å². The fraction of sp³-hybridized carbons (Fsp3) is 0.429. The zero-order valence-corrected chi connectivity index (χ0v) is 12.0. The number of carbonyl (C=O) groups excluding carboxylic acids is 2. The summed E-state index contributed by atoms with van der Waals surface area (Å²) >= 11 is 0. The summed E-state index contributed by atoms with van der Waals surface area (Å²) in [6.07, 6.45) is 0. The van der Waals surface area contributed by atoms with Crippen molar-refractivity contribution in [1.29, 1.82) is 0 Å². The predicted molar refractivity (Wildman–Crippen MR) is 77.9 cm³/mol. The highest BCUT2D eigenvalue weighted by molar-refractivity contribution is 5.95. The third-order valence-electron chi connectivity index (χ3n) is 2.42. The molecule has 0 saturated carbocycles. The summed E-state index contributed by atoms with van der Waals surface area (Å²) in [6.45, 7) is 4.70. The first kappa shape index (κ1) is 16.0. The Morgan fingerprint density at radius 1 is 1.20 bits per heavy atom. The van der Waals surface area contributed by atoms with Crippen LogP contribution in [0.2, 0.25) is 0 Å². The molecule has 0 unspecified atom stereocenters. The smallest absolute Gasteiger partial charge is 0.319 e. The van der Waals surface area contributed by atoms with E-state index in [-0.39, 0.29) is 18.0 Å². The largest absolute Gasteiger partial charge is 0.383 e. The minimum Gasteiger partial charge on any atom is -0.383 e. The number of hydrogen-bond donors (Lipinski definition) is 3. The van der Waals surface area contributed by atoms with E-state index in [2.05, 4.69) is 16.0 Å². The van der Waals surface area contributed by atoms with Crippen LogP contribution in [0.15, 0.2) is 24.3 Å². The van der Waals surface area contributed by atoms with Gasteiger partial charge in [0.2, 0.25) is 0 Å². The van der Waals surface area contributed by atoms with E-state index in [0.29, 0.717) is 24.4 Å². The molecule has 0 atom stereocenters. The molecule has 0 heterocycles. The van der Waals surface area contributed by atoms with Gasteiger partial charge in [-0.15, -0.1) is 0 Å². The summed E-state index contributed by atoms with van der Waals surface area (Å²) in [4.78, 5) is 23.2. The molecule has 1 aromatic carbocycles. The highest BCUT2D eigenvalue weighted by Crippen LogP contribution is 2.09. The normalized spacial score (nSPS) is 10.2. The number of anilines is 1. The lowest BCUT2D eigenvalue weighted by Gasteiger charge is -2.10. The zero-order chi connectivity index (χ0) is 15.0. The standard InChI is InChI=1S/C14H21N3O3/c1-10(2)16-13(18)11-4-6-12(7-5-11)17-14(19)15-8-9-20-3/h4-7,10H,8-9H2,1-3H3,(H,16,18)(H2,15,17,19). The van der Waals surface area contributed by atoms with Crippen molar-refractivity contribution >= 4 is 17.6 Å². The van der Waals surface area contributed by atoms with Crippen molar-refractivity contribution in [3.63, 3.8) is 0 Å². The summed E-state index contributed by atoms with van der Waals surface area (Å²) < 4.78 is 4.83. The number of methoxy groups -OCH3 is 1. The van der Waals surface area contributed by atoms with Gasteiger partial charge in [-0.05, 0) is 38.1 Å². The number of rotatable bonds is 6. The van der Waals surface area contributed by atoms with E-state index >= 15 is 0 Å². The Hall–Kier alpha value is -2.08. The molecule has 0 spiro atoms. The van der Waals surface area contributed by atoms with E-state index in [9.17, 15) is 9.59 Å². The fourth-order valence-electron chi connectivity index (χ4n) is 1.49. The number of ether oxygens (including phenoxy) is 1. The number of carbonyl (C=O) groups is 2. The van der Waals surface area contributed by atoms with Gasteiger partial charge in [0.1, 0.15) is 0 Å². The maximum atomic E-state index is 11.7. The molecule has 6 heteroatoms. The first-order chi connectivity index (χ1) is 9.52. The molecule has 3 amide bonds. The Labute approximate surface area is 118 Å². The highest BCUT2D eigenvalue weighted by atomic mass is 16.5. The molecule has 20 heavy (non-hydrogen) atoms. The highest BCUT2D eigenvalue weighted by Gasteiger charge is 2.07. The van der Waals surface area contributed by atoms with Crippen LogP contribution in [-0.4, -0.2) is 38.2 Å². The number of nitrogens with one attached hydrogen (secondary N) is 3. The van der Waals surface area contributed by atoms with Crippen LogP contribution in [0.4, 0.5) is 10.5 Å². The molecule has 0 radical (unpaired) electrons. The minimum atomic E-state index is -0.304. The van der Waals surface area contributed by atoms with Crippen molar-refractivity contribution in [3.8, 4) is 0 Å². The molecule has 0 aliphatic rings. The van der Waals surface area contributed by atoms with E-state index in [1.54, 1.807) is 31.4 Å². The molecule has 0 aliphatic carbocycles. The van der Waals surface area contributed by atoms with Gasteiger partial charge >= 0.3 is 6.03 Å². The van der Waals surface area contributed by atoms with Gasteiger partial charge in [0, 0.05) is 30.9 Å². The Morgan fingerprint density at radius 3 is 2.40 bits per heavy atom. The van der Waals surface area contributed by atoms with Gasteiger partial charge in [0.15, 0.2) is 0 Å². The van der Waals surface area contributed by atoms with E-state index in [1.165, 1.54) is 0 Å². The summed E-state index contributed by atoms with van der Waals surface area (Å²) in [5.41, 5.74) is 1.19. The van der Waals surface area contributed by atoms with Crippen LogP contribution in [-0.2, 0) is 4.74 Å².